The molecule has 112 valence electrons. The van der Waals surface area contributed by atoms with Crippen molar-refractivity contribution in [2.75, 3.05) is 6.54 Å². The van der Waals surface area contributed by atoms with Crippen LogP contribution in [0.1, 0.15) is 35.8 Å². The lowest BCUT2D eigenvalue weighted by Crippen LogP contribution is -2.26. The summed E-state index contributed by atoms with van der Waals surface area (Å²) in [6.07, 6.45) is 4.61. The summed E-state index contributed by atoms with van der Waals surface area (Å²) in [5.74, 6) is 1.17. The summed E-state index contributed by atoms with van der Waals surface area (Å²) in [6, 6.07) is 19.4. The second-order valence-electron chi connectivity index (χ2n) is 6.08. The molecule has 0 saturated heterocycles. The molecule has 0 bridgehead atoms. The van der Waals surface area contributed by atoms with Crippen LogP contribution < -0.4 is 5.32 Å². The number of benzene rings is 2. The number of hydrogen-bond donors (Lipinski definition) is 1. The van der Waals surface area contributed by atoms with Crippen LogP contribution >= 0.6 is 0 Å². The van der Waals surface area contributed by atoms with E-state index in [4.69, 9.17) is 4.42 Å². The van der Waals surface area contributed by atoms with Gasteiger partial charge in [0, 0.05) is 10.9 Å². The standard InChI is InChI=1S/C20H21NO/c1-2-7-15(8-3-1)13-14-21-18-11-6-10-17-16-9-4-5-12-19(16)22-20(17)18/h1-5,7-9,12,18,21H,6,10-11,13-14H2. The second kappa shape index (κ2) is 5.98. The fourth-order valence-electron chi connectivity index (χ4n) is 3.50. The van der Waals surface area contributed by atoms with Gasteiger partial charge >= 0.3 is 0 Å². The van der Waals surface area contributed by atoms with Gasteiger partial charge in [0.2, 0.25) is 0 Å². The molecule has 2 heteroatoms. The van der Waals surface area contributed by atoms with Crippen LogP contribution in [0, 0.1) is 0 Å². The van der Waals surface area contributed by atoms with Crippen LogP contribution in [0.5, 0.6) is 0 Å². The van der Waals surface area contributed by atoms with Gasteiger partial charge in [0.1, 0.15) is 11.3 Å². The van der Waals surface area contributed by atoms with E-state index in [-0.39, 0.29) is 0 Å². The fraction of sp³-hybridized carbons (Fsp3) is 0.300. The Morgan fingerprint density at radius 1 is 1.00 bits per heavy atom. The molecule has 0 radical (unpaired) electrons. The van der Waals surface area contributed by atoms with E-state index in [1.807, 2.05) is 0 Å². The quantitative estimate of drug-likeness (QED) is 0.757. The smallest absolute Gasteiger partial charge is 0.134 e. The van der Waals surface area contributed by atoms with Crippen molar-refractivity contribution in [3.8, 4) is 0 Å². The summed E-state index contributed by atoms with van der Waals surface area (Å²) in [7, 11) is 0. The van der Waals surface area contributed by atoms with Crippen molar-refractivity contribution >= 4 is 11.0 Å². The van der Waals surface area contributed by atoms with E-state index >= 15 is 0 Å². The first-order valence-electron chi connectivity index (χ1n) is 8.19. The molecule has 3 aromatic rings. The van der Waals surface area contributed by atoms with Crippen LogP contribution in [0.3, 0.4) is 0 Å². The minimum Gasteiger partial charge on any atom is -0.459 e. The third-order valence-corrected chi connectivity index (χ3v) is 4.61. The van der Waals surface area contributed by atoms with Gasteiger partial charge in [-0.1, -0.05) is 48.5 Å². The molecule has 1 aliphatic rings. The third-order valence-electron chi connectivity index (χ3n) is 4.61. The molecule has 1 unspecified atom stereocenters. The Morgan fingerprint density at radius 3 is 2.73 bits per heavy atom. The van der Waals surface area contributed by atoms with E-state index in [9.17, 15) is 0 Å². The highest BCUT2D eigenvalue weighted by Gasteiger charge is 2.25. The predicted octanol–water partition coefficient (Wildman–Crippen LogP) is 4.64. The molecule has 0 spiro atoms. The molecule has 0 aliphatic heterocycles. The monoisotopic (exact) mass is 291 g/mol. The van der Waals surface area contributed by atoms with Crippen LogP contribution in [0.4, 0.5) is 0 Å². The Balaban J connectivity index is 1.50. The van der Waals surface area contributed by atoms with Gasteiger partial charge in [-0.25, -0.2) is 0 Å². The Hall–Kier alpha value is -2.06. The van der Waals surface area contributed by atoms with Gasteiger partial charge in [-0.2, -0.15) is 0 Å². The lowest BCUT2D eigenvalue weighted by molar-refractivity contribution is 0.381. The maximum absolute atomic E-state index is 6.14. The molecular weight excluding hydrogens is 270 g/mol. The summed E-state index contributed by atoms with van der Waals surface area (Å²) in [5.41, 5.74) is 3.83. The number of furan rings is 1. The molecule has 0 amide bonds. The summed E-state index contributed by atoms with van der Waals surface area (Å²) >= 11 is 0. The lowest BCUT2D eigenvalue weighted by Gasteiger charge is -2.22. The first kappa shape index (κ1) is 13.6. The normalized spacial score (nSPS) is 17.5. The van der Waals surface area contributed by atoms with Gasteiger partial charge in [0.15, 0.2) is 0 Å². The highest BCUT2D eigenvalue weighted by atomic mass is 16.3. The van der Waals surface area contributed by atoms with Gasteiger partial charge in [0.25, 0.3) is 0 Å². The van der Waals surface area contributed by atoms with E-state index in [1.165, 1.54) is 35.1 Å². The molecule has 1 aliphatic carbocycles. The number of hydrogen-bond acceptors (Lipinski definition) is 2. The molecule has 2 nitrogen and oxygen atoms in total. The van der Waals surface area contributed by atoms with Crippen molar-refractivity contribution in [1.82, 2.24) is 5.32 Å². The number of rotatable bonds is 4. The first-order valence-corrected chi connectivity index (χ1v) is 8.19. The zero-order chi connectivity index (χ0) is 14.8. The van der Waals surface area contributed by atoms with Crippen molar-refractivity contribution in [2.45, 2.75) is 31.7 Å². The minimum absolute atomic E-state index is 0.361. The number of nitrogens with one attached hydrogen (secondary N) is 1. The van der Waals surface area contributed by atoms with Gasteiger partial charge in [-0.15, -0.1) is 0 Å². The van der Waals surface area contributed by atoms with E-state index in [0.29, 0.717) is 6.04 Å². The van der Waals surface area contributed by atoms with Crippen LogP contribution in [0.15, 0.2) is 59.0 Å². The molecule has 1 N–H and O–H groups in total. The third kappa shape index (κ3) is 2.55. The largest absolute Gasteiger partial charge is 0.459 e. The molecule has 0 fully saturated rings. The van der Waals surface area contributed by atoms with Crippen molar-refractivity contribution in [2.24, 2.45) is 0 Å². The average Bonchev–Trinajstić information content (AvgIpc) is 2.96. The number of fused-ring (bicyclic) bond motifs is 3. The van der Waals surface area contributed by atoms with Crippen molar-refractivity contribution in [1.29, 1.82) is 0 Å². The Labute approximate surface area is 131 Å². The van der Waals surface area contributed by atoms with E-state index in [2.05, 4.69) is 59.9 Å². The van der Waals surface area contributed by atoms with Gasteiger partial charge in [0.05, 0.1) is 6.04 Å². The van der Waals surface area contributed by atoms with E-state index < -0.39 is 0 Å². The number of para-hydroxylation sites is 1. The van der Waals surface area contributed by atoms with Crippen molar-refractivity contribution < 1.29 is 4.42 Å². The molecule has 4 rings (SSSR count). The minimum atomic E-state index is 0.361. The zero-order valence-electron chi connectivity index (χ0n) is 12.7. The maximum Gasteiger partial charge on any atom is 0.134 e. The molecule has 22 heavy (non-hydrogen) atoms. The highest BCUT2D eigenvalue weighted by molar-refractivity contribution is 5.82. The SMILES string of the molecule is c1ccc(CCNC2CCCc3c2oc2ccccc32)cc1. The maximum atomic E-state index is 6.14. The van der Waals surface area contributed by atoms with E-state index in [0.717, 1.165) is 25.0 Å². The van der Waals surface area contributed by atoms with Crippen LogP contribution in [-0.4, -0.2) is 6.54 Å². The fourth-order valence-corrected chi connectivity index (χ4v) is 3.50. The lowest BCUT2D eigenvalue weighted by atomic mass is 9.92. The van der Waals surface area contributed by atoms with Crippen LogP contribution in [0.2, 0.25) is 0 Å². The topological polar surface area (TPSA) is 25.2 Å². The highest BCUT2D eigenvalue weighted by Crippen LogP contribution is 2.36. The van der Waals surface area contributed by atoms with Crippen LogP contribution in [0.25, 0.3) is 11.0 Å². The van der Waals surface area contributed by atoms with Gasteiger partial charge in [-0.3, -0.25) is 0 Å². The first-order chi connectivity index (χ1) is 10.9. The molecular formula is C20H21NO. The van der Waals surface area contributed by atoms with Crippen LogP contribution in [-0.2, 0) is 12.8 Å². The van der Waals surface area contributed by atoms with E-state index in [1.54, 1.807) is 0 Å². The molecule has 1 heterocycles. The second-order valence-corrected chi connectivity index (χ2v) is 6.08. The van der Waals surface area contributed by atoms with Gasteiger partial charge < -0.3 is 9.73 Å². The molecule has 1 atom stereocenters. The van der Waals surface area contributed by atoms with Crippen molar-refractivity contribution in [3.05, 3.63) is 71.5 Å². The zero-order valence-corrected chi connectivity index (χ0v) is 12.7. The Kier molecular flexibility index (Phi) is 3.69. The number of aryl methyl sites for hydroxylation is 1. The summed E-state index contributed by atoms with van der Waals surface area (Å²) in [4.78, 5) is 0. The predicted molar refractivity (Wildman–Crippen MR) is 90.0 cm³/mol. The van der Waals surface area contributed by atoms with Crippen molar-refractivity contribution in [3.63, 3.8) is 0 Å². The summed E-state index contributed by atoms with van der Waals surface area (Å²) in [6.45, 7) is 0.991. The molecule has 1 aromatic heterocycles. The average molecular weight is 291 g/mol. The molecule has 0 saturated carbocycles. The summed E-state index contributed by atoms with van der Waals surface area (Å²) in [5, 5.41) is 4.99. The Bertz CT molecular complexity index is 760. The molecule has 2 aromatic carbocycles. The Morgan fingerprint density at radius 2 is 1.82 bits per heavy atom. The summed E-state index contributed by atoms with van der Waals surface area (Å²) < 4.78 is 6.14. The van der Waals surface area contributed by atoms with Gasteiger partial charge in [-0.05, 0) is 43.9 Å².